The summed E-state index contributed by atoms with van der Waals surface area (Å²) in [5.74, 6) is 0.231. The third-order valence-electron chi connectivity index (χ3n) is 2.90. The van der Waals surface area contributed by atoms with Gasteiger partial charge in [-0.1, -0.05) is 6.07 Å². The van der Waals surface area contributed by atoms with Gasteiger partial charge < -0.3 is 9.47 Å². The maximum absolute atomic E-state index is 13.3. The van der Waals surface area contributed by atoms with Gasteiger partial charge in [-0.25, -0.2) is 4.39 Å². The van der Waals surface area contributed by atoms with Crippen molar-refractivity contribution in [1.29, 1.82) is 5.26 Å². The van der Waals surface area contributed by atoms with Gasteiger partial charge in [0.25, 0.3) is 0 Å². The summed E-state index contributed by atoms with van der Waals surface area (Å²) in [5, 5.41) is 8.85. The van der Waals surface area contributed by atoms with Gasteiger partial charge in [0.2, 0.25) is 0 Å². The highest BCUT2D eigenvalue weighted by Gasteiger charge is 2.16. The molecule has 0 amide bonds. The van der Waals surface area contributed by atoms with Crippen molar-refractivity contribution in [2.24, 2.45) is 5.92 Å². The van der Waals surface area contributed by atoms with Gasteiger partial charge >= 0.3 is 0 Å². The fourth-order valence-corrected chi connectivity index (χ4v) is 1.85. The van der Waals surface area contributed by atoms with E-state index in [1.165, 1.54) is 6.07 Å². The van der Waals surface area contributed by atoms with Crippen molar-refractivity contribution >= 4 is 0 Å². The summed E-state index contributed by atoms with van der Waals surface area (Å²) in [6, 6.07) is 6.27. The number of hydrogen-bond donors (Lipinski definition) is 0. The van der Waals surface area contributed by atoms with Crippen LogP contribution in [0.1, 0.15) is 18.4 Å². The van der Waals surface area contributed by atoms with Crippen LogP contribution in [-0.2, 0) is 4.74 Å². The molecule has 0 atom stereocenters. The predicted molar refractivity (Wildman–Crippen MR) is 60.2 cm³/mol. The average molecular weight is 235 g/mol. The number of ether oxygens (including phenoxy) is 2. The molecule has 0 radical (unpaired) electrons. The van der Waals surface area contributed by atoms with E-state index in [1.54, 1.807) is 12.1 Å². The van der Waals surface area contributed by atoms with Crippen molar-refractivity contribution in [2.75, 3.05) is 19.8 Å². The van der Waals surface area contributed by atoms with Crippen LogP contribution in [0, 0.1) is 23.1 Å². The smallest absolute Gasteiger partial charge is 0.144 e. The lowest BCUT2D eigenvalue weighted by atomic mass is 10.0. The molecule has 1 saturated heterocycles. The topological polar surface area (TPSA) is 42.2 Å². The molecule has 1 aromatic carbocycles. The van der Waals surface area contributed by atoms with Gasteiger partial charge in [-0.3, -0.25) is 0 Å². The second-order valence-corrected chi connectivity index (χ2v) is 4.09. The van der Waals surface area contributed by atoms with Crippen LogP contribution in [0.4, 0.5) is 4.39 Å². The van der Waals surface area contributed by atoms with Crippen LogP contribution >= 0.6 is 0 Å². The fraction of sp³-hybridized carbons (Fsp3) is 0.462. The molecule has 2 rings (SSSR count). The number of nitrogens with zero attached hydrogens (tertiary/aromatic N) is 1. The number of rotatable bonds is 3. The molecule has 0 N–H and O–H groups in total. The Labute approximate surface area is 99.8 Å². The Hall–Kier alpha value is -1.60. The summed E-state index contributed by atoms with van der Waals surface area (Å²) in [7, 11) is 0. The third-order valence-corrected chi connectivity index (χ3v) is 2.90. The van der Waals surface area contributed by atoms with Gasteiger partial charge in [0, 0.05) is 13.2 Å². The highest BCUT2D eigenvalue weighted by Crippen LogP contribution is 2.22. The zero-order valence-corrected chi connectivity index (χ0v) is 9.49. The van der Waals surface area contributed by atoms with E-state index < -0.39 is 5.82 Å². The van der Waals surface area contributed by atoms with Crippen LogP contribution in [0.25, 0.3) is 0 Å². The first-order chi connectivity index (χ1) is 8.31. The lowest BCUT2D eigenvalue weighted by Gasteiger charge is -2.22. The average Bonchev–Trinajstić information content (AvgIpc) is 2.37. The standard InChI is InChI=1S/C13H14FNO2/c14-12-2-1-3-13(11(12)8-15)17-9-10-4-6-16-7-5-10/h1-3,10H,4-7,9H2. The van der Waals surface area contributed by atoms with Crippen molar-refractivity contribution in [3.8, 4) is 11.8 Å². The molecule has 90 valence electrons. The largest absolute Gasteiger partial charge is 0.492 e. The number of benzene rings is 1. The minimum atomic E-state index is -0.531. The lowest BCUT2D eigenvalue weighted by Crippen LogP contribution is -2.21. The minimum absolute atomic E-state index is 0.0143. The second-order valence-electron chi connectivity index (χ2n) is 4.09. The maximum Gasteiger partial charge on any atom is 0.144 e. The second kappa shape index (κ2) is 5.65. The van der Waals surface area contributed by atoms with E-state index in [9.17, 15) is 4.39 Å². The molecule has 0 aromatic heterocycles. The molecule has 17 heavy (non-hydrogen) atoms. The van der Waals surface area contributed by atoms with Gasteiger partial charge in [-0.15, -0.1) is 0 Å². The molecular formula is C13H14FNO2. The summed E-state index contributed by atoms with van der Waals surface area (Å²) in [6.07, 6.45) is 1.91. The molecule has 1 aliphatic rings. The van der Waals surface area contributed by atoms with Crippen LogP contribution in [0.5, 0.6) is 5.75 Å². The Balaban J connectivity index is 1.99. The SMILES string of the molecule is N#Cc1c(F)cccc1OCC1CCOCC1. The molecule has 4 heteroatoms. The van der Waals surface area contributed by atoms with Crippen LogP contribution in [0.2, 0.25) is 0 Å². The molecule has 1 heterocycles. The lowest BCUT2D eigenvalue weighted by molar-refractivity contribution is 0.0496. The van der Waals surface area contributed by atoms with Gasteiger partial charge in [-0.05, 0) is 30.9 Å². The molecule has 3 nitrogen and oxygen atoms in total. The van der Waals surface area contributed by atoms with Gasteiger partial charge in [0.15, 0.2) is 0 Å². The first kappa shape index (κ1) is 11.9. The summed E-state index contributed by atoms with van der Waals surface area (Å²) < 4.78 is 24.1. The molecule has 0 spiro atoms. The minimum Gasteiger partial charge on any atom is -0.492 e. The van der Waals surface area contributed by atoms with E-state index >= 15 is 0 Å². The quantitative estimate of drug-likeness (QED) is 0.808. The third kappa shape index (κ3) is 2.95. The zero-order valence-electron chi connectivity index (χ0n) is 9.49. The van der Waals surface area contributed by atoms with E-state index in [1.807, 2.05) is 6.07 Å². The van der Waals surface area contributed by atoms with Crippen LogP contribution in [-0.4, -0.2) is 19.8 Å². The zero-order chi connectivity index (χ0) is 12.1. The summed E-state index contributed by atoms with van der Waals surface area (Å²) >= 11 is 0. The number of hydrogen-bond acceptors (Lipinski definition) is 3. The van der Waals surface area contributed by atoms with Crippen LogP contribution < -0.4 is 4.74 Å². The highest BCUT2D eigenvalue weighted by atomic mass is 19.1. The van der Waals surface area contributed by atoms with E-state index in [2.05, 4.69) is 0 Å². The normalized spacial score (nSPS) is 16.5. The van der Waals surface area contributed by atoms with E-state index in [-0.39, 0.29) is 5.56 Å². The Kier molecular flexibility index (Phi) is 3.94. The van der Waals surface area contributed by atoms with Crippen molar-refractivity contribution in [3.05, 3.63) is 29.6 Å². The van der Waals surface area contributed by atoms with Gasteiger partial charge in [0.1, 0.15) is 23.2 Å². The molecule has 1 fully saturated rings. The van der Waals surface area contributed by atoms with Gasteiger partial charge in [-0.2, -0.15) is 5.26 Å². The van der Waals surface area contributed by atoms with E-state index in [0.717, 1.165) is 26.1 Å². The summed E-state index contributed by atoms with van der Waals surface area (Å²) in [4.78, 5) is 0. The Morgan fingerprint density at radius 1 is 1.41 bits per heavy atom. The van der Waals surface area contributed by atoms with E-state index in [4.69, 9.17) is 14.7 Å². The predicted octanol–water partition coefficient (Wildman–Crippen LogP) is 2.50. The number of nitriles is 1. The van der Waals surface area contributed by atoms with Crippen molar-refractivity contribution in [3.63, 3.8) is 0 Å². The first-order valence-corrected chi connectivity index (χ1v) is 5.70. The maximum atomic E-state index is 13.3. The van der Waals surface area contributed by atoms with Crippen LogP contribution in [0.15, 0.2) is 18.2 Å². The van der Waals surface area contributed by atoms with Crippen LogP contribution in [0.3, 0.4) is 0 Å². The molecule has 0 unspecified atom stereocenters. The molecular weight excluding hydrogens is 221 g/mol. The molecule has 0 bridgehead atoms. The Morgan fingerprint density at radius 3 is 2.88 bits per heavy atom. The first-order valence-electron chi connectivity index (χ1n) is 5.70. The molecule has 1 aliphatic heterocycles. The summed E-state index contributed by atoms with van der Waals surface area (Å²) in [6.45, 7) is 2.02. The van der Waals surface area contributed by atoms with Crippen molar-refractivity contribution in [1.82, 2.24) is 0 Å². The Morgan fingerprint density at radius 2 is 2.18 bits per heavy atom. The van der Waals surface area contributed by atoms with E-state index in [0.29, 0.717) is 18.3 Å². The van der Waals surface area contributed by atoms with Gasteiger partial charge in [0.05, 0.1) is 6.61 Å². The monoisotopic (exact) mass is 235 g/mol. The molecule has 0 aliphatic carbocycles. The fourth-order valence-electron chi connectivity index (χ4n) is 1.85. The molecule has 1 aromatic rings. The Bertz CT molecular complexity index is 422. The van der Waals surface area contributed by atoms with Crippen molar-refractivity contribution < 1.29 is 13.9 Å². The number of halogens is 1. The molecule has 0 saturated carbocycles. The highest BCUT2D eigenvalue weighted by molar-refractivity contribution is 5.43. The summed E-state index contributed by atoms with van der Waals surface area (Å²) in [5.41, 5.74) is -0.0143. The van der Waals surface area contributed by atoms with Crippen molar-refractivity contribution in [2.45, 2.75) is 12.8 Å².